The summed E-state index contributed by atoms with van der Waals surface area (Å²) in [6, 6.07) is 11.1. The number of rotatable bonds is 2. The molecular weight excluding hydrogens is 286 g/mol. The lowest BCUT2D eigenvalue weighted by atomic mass is 9.97. The highest BCUT2D eigenvalue weighted by Crippen LogP contribution is 2.43. The van der Waals surface area contributed by atoms with Crippen LogP contribution in [0.3, 0.4) is 0 Å². The lowest BCUT2D eigenvalue weighted by Gasteiger charge is -2.10. The van der Waals surface area contributed by atoms with E-state index in [0.29, 0.717) is 4.88 Å². The van der Waals surface area contributed by atoms with Crippen molar-refractivity contribution in [2.75, 3.05) is 0 Å². The Bertz CT molecular complexity index is 831. The minimum absolute atomic E-state index is 0.0387. The largest absolute Gasteiger partial charge is 0.507 e. The molecule has 5 nitrogen and oxygen atoms in total. The van der Waals surface area contributed by atoms with Crippen LogP contribution < -0.4 is 0 Å². The van der Waals surface area contributed by atoms with E-state index < -0.39 is 5.57 Å². The molecule has 21 heavy (non-hydrogen) atoms. The Kier molecular flexibility index (Phi) is 3.90. The number of hydrogen-bond donors (Lipinski definition) is 2. The zero-order valence-corrected chi connectivity index (χ0v) is 11.3. The zero-order valence-electron chi connectivity index (χ0n) is 10.5. The van der Waals surface area contributed by atoms with Crippen LogP contribution >= 0.6 is 11.3 Å². The molecule has 1 aromatic carbocycles. The minimum Gasteiger partial charge on any atom is -0.507 e. The topological polar surface area (TPSA) is 112 Å². The van der Waals surface area contributed by atoms with E-state index in [1.165, 1.54) is 23.5 Å². The van der Waals surface area contributed by atoms with Crippen molar-refractivity contribution in [3.8, 4) is 40.1 Å². The van der Waals surface area contributed by atoms with Crippen LogP contribution in [-0.4, -0.2) is 10.2 Å². The quantitative estimate of drug-likeness (QED) is 0.826. The number of phenolic OH excluding ortho intramolecular Hbond substituents is 2. The molecule has 0 saturated heterocycles. The summed E-state index contributed by atoms with van der Waals surface area (Å²) in [5, 5.41) is 48.9. The van der Waals surface area contributed by atoms with Crippen LogP contribution in [0.2, 0.25) is 0 Å². The van der Waals surface area contributed by atoms with Crippen LogP contribution in [-0.2, 0) is 0 Å². The van der Waals surface area contributed by atoms with E-state index in [1.807, 2.05) is 0 Å². The van der Waals surface area contributed by atoms with Gasteiger partial charge in [-0.2, -0.15) is 15.8 Å². The minimum atomic E-state index is -0.393. The molecule has 0 fully saturated rings. The first-order valence-electron chi connectivity index (χ1n) is 5.67. The number of thiophene rings is 1. The van der Waals surface area contributed by atoms with Gasteiger partial charge in [0.25, 0.3) is 0 Å². The summed E-state index contributed by atoms with van der Waals surface area (Å²) in [6.45, 7) is 0. The molecular formula is C15H7N3O2S. The van der Waals surface area contributed by atoms with Gasteiger partial charge in [0.15, 0.2) is 0 Å². The van der Waals surface area contributed by atoms with Crippen molar-refractivity contribution in [1.29, 1.82) is 15.8 Å². The van der Waals surface area contributed by atoms with Crippen LogP contribution in [0.5, 0.6) is 11.5 Å². The molecule has 2 rings (SSSR count). The van der Waals surface area contributed by atoms with E-state index in [4.69, 9.17) is 15.8 Å². The molecule has 0 aliphatic carbocycles. The second kappa shape index (κ2) is 5.79. The SMILES string of the molecule is N#CC(C#N)=C(C#N)c1ccc(O)c(-c2cccs2)c1O. The van der Waals surface area contributed by atoms with E-state index in [2.05, 4.69) is 0 Å². The van der Waals surface area contributed by atoms with Gasteiger partial charge in [-0.1, -0.05) is 6.07 Å². The molecule has 0 atom stereocenters. The van der Waals surface area contributed by atoms with Gasteiger partial charge in [-0.25, -0.2) is 0 Å². The first kappa shape index (κ1) is 14.1. The molecule has 2 aromatic rings. The number of allylic oxidation sites excluding steroid dienone is 2. The molecule has 0 aliphatic rings. The Labute approximate surface area is 124 Å². The van der Waals surface area contributed by atoms with Crippen LogP contribution in [0.15, 0.2) is 35.2 Å². The summed E-state index contributed by atoms with van der Waals surface area (Å²) in [7, 11) is 0. The lowest BCUT2D eigenvalue weighted by molar-refractivity contribution is 0.453. The number of aromatic hydroxyl groups is 2. The first-order valence-corrected chi connectivity index (χ1v) is 6.55. The van der Waals surface area contributed by atoms with Crippen LogP contribution in [0.4, 0.5) is 0 Å². The van der Waals surface area contributed by atoms with Crippen molar-refractivity contribution < 1.29 is 10.2 Å². The second-order valence-electron chi connectivity index (χ2n) is 3.92. The first-order chi connectivity index (χ1) is 10.1. The van der Waals surface area contributed by atoms with E-state index >= 15 is 0 Å². The Hall–Kier alpha value is -3.27. The molecule has 0 amide bonds. The normalized spacial score (nSPS) is 9.19. The molecule has 0 bridgehead atoms. The third-order valence-electron chi connectivity index (χ3n) is 2.78. The van der Waals surface area contributed by atoms with Gasteiger partial charge in [0.2, 0.25) is 0 Å². The third kappa shape index (κ3) is 2.42. The number of nitrogens with zero attached hydrogens (tertiary/aromatic N) is 3. The van der Waals surface area contributed by atoms with E-state index in [0.717, 1.165) is 0 Å². The molecule has 1 aromatic heterocycles. The van der Waals surface area contributed by atoms with E-state index in [9.17, 15) is 10.2 Å². The fourth-order valence-electron chi connectivity index (χ4n) is 1.83. The standard InChI is InChI=1S/C15H7N3O2S/c16-6-9(7-17)11(8-18)10-3-4-12(19)14(15(10)20)13-2-1-5-21-13/h1-5,19-20H. The van der Waals surface area contributed by atoms with Crippen LogP contribution in [0.1, 0.15) is 5.56 Å². The third-order valence-corrected chi connectivity index (χ3v) is 3.67. The van der Waals surface area contributed by atoms with E-state index in [1.54, 1.807) is 35.7 Å². The fourth-order valence-corrected chi connectivity index (χ4v) is 2.61. The molecule has 1 heterocycles. The van der Waals surface area contributed by atoms with Gasteiger partial charge in [0.1, 0.15) is 35.3 Å². The maximum Gasteiger partial charge on any atom is 0.148 e. The summed E-state index contributed by atoms with van der Waals surface area (Å²) in [5.41, 5.74) is -0.409. The molecule has 2 N–H and O–H groups in total. The van der Waals surface area contributed by atoms with Gasteiger partial charge >= 0.3 is 0 Å². The predicted octanol–water partition coefficient (Wildman–Crippen LogP) is 3.15. The Morgan fingerprint density at radius 3 is 2.24 bits per heavy atom. The zero-order chi connectivity index (χ0) is 15.4. The number of nitriles is 3. The van der Waals surface area contributed by atoms with Gasteiger partial charge in [0.05, 0.1) is 11.1 Å². The summed E-state index contributed by atoms with van der Waals surface area (Å²) < 4.78 is 0. The highest BCUT2D eigenvalue weighted by molar-refractivity contribution is 7.13. The average molecular weight is 293 g/mol. The summed E-state index contributed by atoms with van der Waals surface area (Å²) in [4.78, 5) is 0.611. The molecule has 0 saturated carbocycles. The van der Waals surface area contributed by atoms with Crippen molar-refractivity contribution in [3.63, 3.8) is 0 Å². The smallest absolute Gasteiger partial charge is 0.148 e. The molecule has 100 valence electrons. The summed E-state index contributed by atoms with van der Waals surface area (Å²) >= 11 is 1.30. The lowest BCUT2D eigenvalue weighted by Crippen LogP contribution is -1.90. The molecule has 0 aliphatic heterocycles. The summed E-state index contributed by atoms with van der Waals surface area (Å²) in [6.07, 6.45) is 0. The van der Waals surface area contributed by atoms with Crippen LogP contribution in [0, 0.1) is 34.0 Å². The Balaban J connectivity index is 2.79. The highest BCUT2D eigenvalue weighted by atomic mass is 32.1. The summed E-state index contributed by atoms with van der Waals surface area (Å²) in [5.74, 6) is -0.483. The van der Waals surface area contributed by atoms with Crippen molar-refractivity contribution in [1.82, 2.24) is 0 Å². The number of benzene rings is 1. The van der Waals surface area contributed by atoms with Gasteiger partial charge in [-0.3, -0.25) is 0 Å². The monoisotopic (exact) mass is 293 g/mol. The van der Waals surface area contributed by atoms with Crippen molar-refractivity contribution in [2.24, 2.45) is 0 Å². The van der Waals surface area contributed by atoms with Crippen molar-refractivity contribution >= 4 is 16.9 Å². The predicted molar refractivity (Wildman–Crippen MR) is 76.8 cm³/mol. The number of phenols is 2. The molecule has 6 heteroatoms. The van der Waals surface area contributed by atoms with Crippen LogP contribution in [0.25, 0.3) is 16.0 Å². The van der Waals surface area contributed by atoms with E-state index in [-0.39, 0.29) is 28.2 Å². The highest BCUT2D eigenvalue weighted by Gasteiger charge is 2.19. The van der Waals surface area contributed by atoms with Gasteiger partial charge in [0, 0.05) is 10.4 Å². The maximum absolute atomic E-state index is 10.3. The maximum atomic E-state index is 10.3. The molecule has 0 spiro atoms. The van der Waals surface area contributed by atoms with Gasteiger partial charge in [-0.05, 0) is 23.6 Å². The van der Waals surface area contributed by atoms with Gasteiger partial charge in [-0.15, -0.1) is 11.3 Å². The molecule has 0 radical (unpaired) electrons. The fraction of sp³-hybridized carbons (Fsp3) is 0. The number of hydrogen-bond acceptors (Lipinski definition) is 6. The second-order valence-corrected chi connectivity index (χ2v) is 4.87. The van der Waals surface area contributed by atoms with Crippen molar-refractivity contribution in [3.05, 3.63) is 40.8 Å². The molecule has 0 unspecified atom stereocenters. The Morgan fingerprint density at radius 1 is 1.00 bits per heavy atom. The van der Waals surface area contributed by atoms with Crippen molar-refractivity contribution in [2.45, 2.75) is 0 Å². The Morgan fingerprint density at radius 2 is 1.71 bits per heavy atom. The average Bonchev–Trinajstić information content (AvgIpc) is 3.00. The van der Waals surface area contributed by atoms with Gasteiger partial charge < -0.3 is 10.2 Å².